The van der Waals surface area contributed by atoms with E-state index in [0.29, 0.717) is 0 Å². The smallest absolute Gasteiger partial charge is 0.175 e. The Hall–Kier alpha value is -0.900. The van der Waals surface area contributed by atoms with Crippen molar-refractivity contribution in [2.45, 2.75) is 11.7 Å². The van der Waals surface area contributed by atoms with Crippen LogP contribution in [0, 0.1) is 17.8 Å². The largest absolute Gasteiger partial charge is 0.294 e. The molecule has 0 aromatic carbocycles. The topological polar surface area (TPSA) is 51.2 Å². The van der Waals surface area contributed by atoms with Crippen LogP contribution in [0.15, 0.2) is 23.6 Å². The third-order valence-corrected chi connectivity index (χ3v) is 5.43. The quantitative estimate of drug-likeness (QED) is 0.553. The van der Waals surface area contributed by atoms with Crippen LogP contribution in [0.2, 0.25) is 0 Å². The molecule has 3 rings (SSSR count). The lowest BCUT2D eigenvalue weighted by Gasteiger charge is -2.27. The van der Waals surface area contributed by atoms with Gasteiger partial charge in [-0.05, 0) is 24.3 Å². The average Bonchev–Trinajstić information content (AvgIpc) is 2.71. The minimum atomic E-state index is -3.18. The number of carbonyl (C=O) groups is 1. The lowest BCUT2D eigenvalue weighted by molar-refractivity contribution is -0.118. The van der Waals surface area contributed by atoms with Crippen molar-refractivity contribution in [3.63, 3.8) is 0 Å². The highest BCUT2D eigenvalue weighted by atomic mass is 32.2. The Kier molecular flexibility index (Phi) is 1.42. The number of carbonyl (C=O) groups excluding carboxylic acids is 1. The fourth-order valence-electron chi connectivity index (χ4n) is 2.96. The molecule has 3 aliphatic rings. The minimum absolute atomic E-state index is 0.0123. The fraction of sp³-hybridized carbons (Fsp3) is 0.500. The molecule has 0 aromatic rings. The Morgan fingerprint density at radius 2 is 1.93 bits per heavy atom. The molecule has 0 amide bonds. The zero-order valence-corrected chi connectivity index (χ0v) is 8.28. The van der Waals surface area contributed by atoms with Crippen LogP contribution in [-0.2, 0) is 14.6 Å². The van der Waals surface area contributed by atoms with Gasteiger partial charge in [-0.15, -0.1) is 0 Å². The van der Waals surface area contributed by atoms with E-state index in [4.69, 9.17) is 0 Å². The second kappa shape index (κ2) is 2.37. The highest BCUT2D eigenvalue weighted by Crippen LogP contribution is 2.49. The zero-order valence-electron chi connectivity index (χ0n) is 7.46. The molecule has 0 radical (unpaired) electrons. The molecular weight excluding hydrogens is 200 g/mol. The molecular formula is C10H10O3S. The first-order valence-electron chi connectivity index (χ1n) is 4.74. The molecule has 0 aromatic heterocycles. The zero-order chi connectivity index (χ0) is 9.92. The predicted molar refractivity (Wildman–Crippen MR) is 51.1 cm³/mol. The Balaban J connectivity index is 2.19. The van der Waals surface area contributed by atoms with E-state index in [0.717, 1.165) is 11.8 Å². The number of sulfone groups is 1. The van der Waals surface area contributed by atoms with Crippen LogP contribution in [-0.4, -0.2) is 19.5 Å². The van der Waals surface area contributed by atoms with Gasteiger partial charge in [0.2, 0.25) is 0 Å². The summed E-state index contributed by atoms with van der Waals surface area (Å²) < 4.78 is 23.5. The van der Waals surface area contributed by atoms with Crippen molar-refractivity contribution in [3.8, 4) is 0 Å². The van der Waals surface area contributed by atoms with Gasteiger partial charge in [-0.2, -0.15) is 0 Å². The van der Waals surface area contributed by atoms with Crippen molar-refractivity contribution in [2.24, 2.45) is 17.8 Å². The van der Waals surface area contributed by atoms with Crippen molar-refractivity contribution < 1.29 is 13.2 Å². The van der Waals surface area contributed by atoms with E-state index in [1.807, 2.05) is 12.2 Å². The van der Waals surface area contributed by atoms with Crippen LogP contribution >= 0.6 is 0 Å². The highest BCUT2D eigenvalue weighted by Gasteiger charge is 2.54. The molecule has 2 aliphatic carbocycles. The van der Waals surface area contributed by atoms with Crippen molar-refractivity contribution in [1.82, 2.24) is 0 Å². The van der Waals surface area contributed by atoms with Crippen LogP contribution in [0.25, 0.3) is 0 Å². The van der Waals surface area contributed by atoms with E-state index >= 15 is 0 Å². The number of hydrogen-bond acceptors (Lipinski definition) is 3. The summed E-state index contributed by atoms with van der Waals surface area (Å²) in [5.41, 5.74) is 0. The summed E-state index contributed by atoms with van der Waals surface area (Å²) in [4.78, 5) is 11.6. The molecule has 1 aliphatic heterocycles. The molecule has 2 bridgehead atoms. The van der Waals surface area contributed by atoms with Crippen molar-refractivity contribution in [2.75, 3.05) is 0 Å². The maximum Gasteiger partial charge on any atom is 0.175 e. The van der Waals surface area contributed by atoms with E-state index in [1.165, 1.54) is 6.08 Å². The van der Waals surface area contributed by atoms with Crippen LogP contribution in [0.1, 0.15) is 6.42 Å². The van der Waals surface area contributed by atoms with E-state index in [-0.39, 0.29) is 23.5 Å². The Labute approximate surface area is 82.4 Å². The van der Waals surface area contributed by atoms with Gasteiger partial charge in [0.25, 0.3) is 0 Å². The molecule has 0 unspecified atom stereocenters. The Bertz CT molecular complexity index is 458. The van der Waals surface area contributed by atoms with Gasteiger partial charge < -0.3 is 0 Å². The molecule has 3 nitrogen and oxygen atoms in total. The minimum Gasteiger partial charge on any atom is -0.294 e. The maximum absolute atomic E-state index is 11.7. The lowest BCUT2D eigenvalue weighted by atomic mass is 9.89. The molecule has 14 heavy (non-hydrogen) atoms. The standard InChI is InChI=1S/C10H10O3S/c11-8-3-4-14(12,13)10-7-2-1-6(5-7)9(8)10/h1-4,6-7,9-10H,5H2/t6-,7-,9+,10-/m1/s1. The van der Waals surface area contributed by atoms with Gasteiger partial charge in [-0.25, -0.2) is 8.42 Å². The summed E-state index contributed by atoms with van der Waals surface area (Å²) in [6, 6.07) is 0. The van der Waals surface area contributed by atoms with Gasteiger partial charge in [-0.1, -0.05) is 12.2 Å². The third kappa shape index (κ3) is 0.869. The number of allylic oxidation sites excluding steroid dienone is 3. The van der Waals surface area contributed by atoms with Gasteiger partial charge in [0, 0.05) is 11.3 Å². The van der Waals surface area contributed by atoms with Crippen LogP contribution in [0.3, 0.4) is 0 Å². The summed E-state index contributed by atoms with van der Waals surface area (Å²) in [7, 11) is -3.18. The van der Waals surface area contributed by atoms with Gasteiger partial charge in [-0.3, -0.25) is 4.79 Å². The summed E-state index contributed by atoms with van der Waals surface area (Å²) in [6.07, 6.45) is 6.02. The average molecular weight is 210 g/mol. The third-order valence-electron chi connectivity index (χ3n) is 3.52. The molecule has 1 saturated carbocycles. The van der Waals surface area contributed by atoms with Gasteiger partial charge in [0.05, 0.1) is 5.25 Å². The van der Waals surface area contributed by atoms with E-state index < -0.39 is 15.1 Å². The second-order valence-corrected chi connectivity index (χ2v) is 6.23. The van der Waals surface area contributed by atoms with E-state index in [1.54, 1.807) is 0 Å². The molecule has 1 heterocycles. The molecule has 74 valence electrons. The van der Waals surface area contributed by atoms with Crippen molar-refractivity contribution >= 4 is 15.6 Å². The molecule has 0 N–H and O–H groups in total. The Morgan fingerprint density at radius 1 is 1.21 bits per heavy atom. The van der Waals surface area contributed by atoms with Gasteiger partial charge >= 0.3 is 0 Å². The van der Waals surface area contributed by atoms with E-state index in [2.05, 4.69) is 0 Å². The summed E-state index contributed by atoms with van der Waals surface area (Å²) in [5.74, 6) is -0.0669. The molecule has 4 atom stereocenters. The van der Waals surface area contributed by atoms with E-state index in [9.17, 15) is 13.2 Å². The van der Waals surface area contributed by atoms with Crippen molar-refractivity contribution in [1.29, 1.82) is 0 Å². The van der Waals surface area contributed by atoms with Gasteiger partial charge in [0.15, 0.2) is 15.6 Å². The first-order chi connectivity index (χ1) is 6.59. The van der Waals surface area contributed by atoms with Gasteiger partial charge in [0.1, 0.15) is 0 Å². The molecule has 1 fully saturated rings. The summed E-state index contributed by atoms with van der Waals surface area (Å²) in [6.45, 7) is 0. The maximum atomic E-state index is 11.7. The summed E-state index contributed by atoms with van der Waals surface area (Å²) in [5, 5.41) is 0.625. The first kappa shape index (κ1) is 8.41. The molecule has 4 heteroatoms. The van der Waals surface area contributed by atoms with Crippen LogP contribution in [0.4, 0.5) is 0 Å². The molecule has 0 saturated heterocycles. The van der Waals surface area contributed by atoms with Crippen LogP contribution < -0.4 is 0 Å². The number of rotatable bonds is 0. The fourth-order valence-corrected chi connectivity index (χ4v) is 4.90. The number of hydrogen-bond donors (Lipinski definition) is 0. The summed E-state index contributed by atoms with van der Waals surface area (Å²) >= 11 is 0. The lowest BCUT2D eigenvalue weighted by Crippen LogP contribution is -2.39. The Morgan fingerprint density at radius 3 is 2.64 bits per heavy atom. The normalized spacial score (nSPS) is 47.0. The first-order valence-corrected chi connectivity index (χ1v) is 6.35. The SMILES string of the molecule is O=C1C=CS(=O)(=O)[C@H]2[C@H]1[C@@H]1C=C[C@@H]2C1. The predicted octanol–water partition coefficient (Wildman–Crippen LogP) is 0.688. The van der Waals surface area contributed by atoms with Crippen molar-refractivity contribution in [3.05, 3.63) is 23.6 Å². The number of fused-ring (bicyclic) bond motifs is 5. The number of ketones is 1. The molecule has 0 spiro atoms. The van der Waals surface area contributed by atoms with Crippen LogP contribution in [0.5, 0.6) is 0 Å². The second-order valence-electron chi connectivity index (χ2n) is 4.23. The highest BCUT2D eigenvalue weighted by molar-refractivity contribution is 7.95. The monoisotopic (exact) mass is 210 g/mol.